The van der Waals surface area contributed by atoms with Crippen molar-refractivity contribution in [2.45, 2.75) is 56.7 Å². The quantitative estimate of drug-likeness (QED) is 0.716. The lowest BCUT2D eigenvalue weighted by molar-refractivity contribution is -0.141. The van der Waals surface area contributed by atoms with Gasteiger partial charge in [-0.3, -0.25) is 19.3 Å². The number of ether oxygens (including phenoxy) is 1. The van der Waals surface area contributed by atoms with Crippen LogP contribution in [0.5, 0.6) is 0 Å². The van der Waals surface area contributed by atoms with Crippen molar-refractivity contribution >= 4 is 29.5 Å². The molecule has 3 aliphatic heterocycles. The van der Waals surface area contributed by atoms with Gasteiger partial charge >= 0.3 is 6.09 Å². The SMILES string of the molecule is CC(C)(C)OC(=O)N1C[C@H]2C[C@H]2[C@H]1C(=O)N1C[C@]2(C[C@H]1C(N)=O)C(=O)Nc1ccccc12. The maximum atomic E-state index is 13.8. The van der Waals surface area contributed by atoms with E-state index in [4.69, 9.17) is 10.5 Å². The van der Waals surface area contributed by atoms with Gasteiger partial charge in [0.2, 0.25) is 17.7 Å². The van der Waals surface area contributed by atoms with Gasteiger partial charge in [-0.15, -0.1) is 0 Å². The van der Waals surface area contributed by atoms with E-state index < -0.39 is 35.1 Å². The molecule has 9 heteroatoms. The third kappa shape index (κ3) is 3.05. The summed E-state index contributed by atoms with van der Waals surface area (Å²) < 4.78 is 5.53. The lowest BCUT2D eigenvalue weighted by atomic mass is 9.79. The normalized spacial score (nSPS) is 32.5. The van der Waals surface area contributed by atoms with Crippen LogP contribution < -0.4 is 11.1 Å². The van der Waals surface area contributed by atoms with Crippen LogP contribution in [0.1, 0.15) is 39.2 Å². The predicted molar refractivity (Wildman–Crippen MR) is 114 cm³/mol. The number of amides is 4. The first kappa shape index (κ1) is 20.8. The number of nitrogens with two attached hydrogens (primary N) is 1. The minimum absolute atomic E-state index is 0.0461. The largest absolute Gasteiger partial charge is 0.444 e. The fourth-order valence-electron chi connectivity index (χ4n) is 5.58. The zero-order valence-electron chi connectivity index (χ0n) is 18.5. The van der Waals surface area contributed by atoms with E-state index in [0.717, 1.165) is 12.0 Å². The Bertz CT molecular complexity index is 1030. The lowest BCUT2D eigenvalue weighted by Gasteiger charge is -2.33. The highest BCUT2D eigenvalue weighted by Crippen LogP contribution is 2.52. The first-order valence-electron chi connectivity index (χ1n) is 11.0. The van der Waals surface area contributed by atoms with Crippen molar-refractivity contribution in [1.29, 1.82) is 0 Å². The van der Waals surface area contributed by atoms with E-state index in [0.29, 0.717) is 12.2 Å². The average Bonchev–Trinajstić information content (AvgIpc) is 3.09. The smallest absolute Gasteiger partial charge is 0.410 e. The molecule has 0 aromatic heterocycles. The first-order chi connectivity index (χ1) is 15.0. The standard InChI is InChI=1S/C23H28N4O5/c1-22(2,3)32-21(31)26-10-12-8-13(12)17(26)19(29)27-11-23(9-16(27)18(24)28)14-6-4-5-7-15(14)25-20(23)30/h4-7,12-13,16-17H,8-11H2,1-3H3,(H2,24,28)(H,25,30)/t12-,13-,16+,17+,23+/m1/s1. The summed E-state index contributed by atoms with van der Waals surface area (Å²) in [5.74, 6) is -0.916. The molecular weight excluding hydrogens is 412 g/mol. The maximum absolute atomic E-state index is 13.8. The summed E-state index contributed by atoms with van der Waals surface area (Å²) in [5.41, 5.74) is 5.44. The molecule has 1 aliphatic carbocycles. The summed E-state index contributed by atoms with van der Waals surface area (Å²) in [6.07, 6.45) is 0.459. The molecule has 4 amide bonds. The summed E-state index contributed by atoms with van der Waals surface area (Å²) in [6.45, 7) is 5.85. The number of para-hydroxylation sites is 1. The van der Waals surface area contributed by atoms with Crippen LogP contribution in [0.2, 0.25) is 0 Å². The van der Waals surface area contributed by atoms with Crippen LogP contribution in [0.3, 0.4) is 0 Å². The van der Waals surface area contributed by atoms with Crippen molar-refractivity contribution in [3.63, 3.8) is 0 Å². The van der Waals surface area contributed by atoms with Crippen molar-refractivity contribution in [2.75, 3.05) is 18.4 Å². The van der Waals surface area contributed by atoms with Crippen LogP contribution in [0.4, 0.5) is 10.5 Å². The molecule has 0 unspecified atom stereocenters. The number of hydrogen-bond acceptors (Lipinski definition) is 5. The maximum Gasteiger partial charge on any atom is 0.410 e. The van der Waals surface area contributed by atoms with Crippen molar-refractivity contribution in [2.24, 2.45) is 17.6 Å². The molecule has 5 atom stereocenters. The molecule has 3 fully saturated rings. The van der Waals surface area contributed by atoms with Gasteiger partial charge < -0.3 is 20.7 Å². The molecule has 1 aromatic rings. The number of rotatable bonds is 2. The van der Waals surface area contributed by atoms with Crippen molar-refractivity contribution < 1.29 is 23.9 Å². The number of nitrogens with one attached hydrogen (secondary N) is 1. The van der Waals surface area contributed by atoms with Gasteiger partial charge in [-0.1, -0.05) is 18.2 Å². The van der Waals surface area contributed by atoms with E-state index in [-0.39, 0.29) is 36.6 Å². The highest BCUT2D eigenvalue weighted by Gasteiger charge is 2.62. The van der Waals surface area contributed by atoms with E-state index in [9.17, 15) is 19.2 Å². The fourth-order valence-corrected chi connectivity index (χ4v) is 5.58. The molecule has 170 valence electrons. The Labute approximate surface area is 186 Å². The van der Waals surface area contributed by atoms with E-state index >= 15 is 0 Å². The monoisotopic (exact) mass is 440 g/mol. The number of nitrogens with zero attached hydrogens (tertiary/aromatic N) is 2. The topological polar surface area (TPSA) is 122 Å². The zero-order valence-corrected chi connectivity index (χ0v) is 18.5. The van der Waals surface area contributed by atoms with Crippen LogP contribution in [0, 0.1) is 11.8 Å². The van der Waals surface area contributed by atoms with E-state index in [1.54, 1.807) is 20.8 Å². The number of benzene rings is 1. The Morgan fingerprint density at radius 1 is 1.19 bits per heavy atom. The highest BCUT2D eigenvalue weighted by molar-refractivity contribution is 6.08. The number of fused-ring (bicyclic) bond motifs is 3. The van der Waals surface area contributed by atoms with Crippen LogP contribution in [-0.2, 0) is 24.5 Å². The second-order valence-electron chi connectivity index (χ2n) is 10.4. The number of likely N-dealkylation sites (tertiary alicyclic amines) is 2. The summed E-state index contributed by atoms with van der Waals surface area (Å²) in [7, 11) is 0. The number of anilines is 1. The molecule has 32 heavy (non-hydrogen) atoms. The Morgan fingerprint density at radius 2 is 1.91 bits per heavy atom. The average molecular weight is 441 g/mol. The van der Waals surface area contributed by atoms with Gasteiger partial charge in [0, 0.05) is 18.8 Å². The minimum atomic E-state index is -1.02. The Morgan fingerprint density at radius 3 is 2.59 bits per heavy atom. The minimum Gasteiger partial charge on any atom is -0.444 e. The molecule has 1 aromatic carbocycles. The van der Waals surface area contributed by atoms with Crippen LogP contribution >= 0.6 is 0 Å². The lowest BCUT2D eigenvalue weighted by Crippen LogP contribution is -2.54. The van der Waals surface area contributed by atoms with E-state index in [1.807, 2.05) is 24.3 Å². The second kappa shape index (κ2) is 6.70. The van der Waals surface area contributed by atoms with Crippen molar-refractivity contribution in [3.8, 4) is 0 Å². The summed E-state index contributed by atoms with van der Waals surface area (Å²) in [6, 6.07) is 5.69. The highest BCUT2D eigenvalue weighted by atomic mass is 16.6. The van der Waals surface area contributed by atoms with Gasteiger partial charge in [0.25, 0.3) is 0 Å². The molecule has 1 saturated carbocycles. The first-order valence-corrected chi connectivity index (χ1v) is 11.0. The molecule has 2 saturated heterocycles. The number of carbonyl (C=O) groups excluding carboxylic acids is 4. The molecule has 0 radical (unpaired) electrons. The molecule has 1 spiro atoms. The van der Waals surface area contributed by atoms with Gasteiger partial charge in [0.05, 0.1) is 5.41 Å². The van der Waals surface area contributed by atoms with Crippen molar-refractivity contribution in [3.05, 3.63) is 29.8 Å². The predicted octanol–water partition coefficient (Wildman–Crippen LogP) is 1.22. The van der Waals surface area contributed by atoms with Gasteiger partial charge in [0.1, 0.15) is 17.7 Å². The molecule has 0 bridgehead atoms. The van der Waals surface area contributed by atoms with Gasteiger partial charge in [-0.2, -0.15) is 0 Å². The summed E-state index contributed by atoms with van der Waals surface area (Å²) in [5, 5.41) is 2.87. The number of piperidine rings is 1. The molecule has 3 N–H and O–H groups in total. The molecule has 3 heterocycles. The fraction of sp³-hybridized carbons (Fsp3) is 0.565. The number of carbonyl (C=O) groups is 4. The Kier molecular flexibility index (Phi) is 4.35. The van der Waals surface area contributed by atoms with Crippen molar-refractivity contribution in [1.82, 2.24) is 9.80 Å². The van der Waals surface area contributed by atoms with Crippen LogP contribution in [0.25, 0.3) is 0 Å². The van der Waals surface area contributed by atoms with Gasteiger partial charge in [0.15, 0.2) is 0 Å². The van der Waals surface area contributed by atoms with Crippen LogP contribution in [0.15, 0.2) is 24.3 Å². The zero-order chi connectivity index (χ0) is 23.0. The van der Waals surface area contributed by atoms with E-state index in [2.05, 4.69) is 5.32 Å². The third-order valence-corrected chi connectivity index (χ3v) is 7.13. The molecular formula is C23H28N4O5. The molecule has 9 nitrogen and oxygen atoms in total. The second-order valence-corrected chi connectivity index (χ2v) is 10.4. The third-order valence-electron chi connectivity index (χ3n) is 7.13. The molecule has 4 aliphatic rings. The van der Waals surface area contributed by atoms with E-state index in [1.165, 1.54) is 9.80 Å². The summed E-state index contributed by atoms with van der Waals surface area (Å²) in [4.78, 5) is 54.9. The van der Waals surface area contributed by atoms with Crippen LogP contribution in [-0.4, -0.2) is 64.4 Å². The summed E-state index contributed by atoms with van der Waals surface area (Å²) >= 11 is 0. The van der Waals surface area contributed by atoms with Gasteiger partial charge in [-0.25, -0.2) is 4.79 Å². The Balaban J connectivity index is 1.46. The number of primary amides is 1. The Hall–Kier alpha value is -3.10. The van der Waals surface area contributed by atoms with Gasteiger partial charge in [-0.05, 0) is 57.1 Å². The molecule has 5 rings (SSSR count). The number of hydrogen-bond donors (Lipinski definition) is 2.